The van der Waals surface area contributed by atoms with E-state index in [1.165, 1.54) is 16.7 Å². The predicted molar refractivity (Wildman–Crippen MR) is 130 cm³/mol. The molecule has 0 radical (unpaired) electrons. The molecule has 2 aromatic carbocycles. The van der Waals surface area contributed by atoms with Crippen molar-refractivity contribution in [1.82, 2.24) is 15.5 Å². The largest absolute Gasteiger partial charge is 0.490 e. The van der Waals surface area contributed by atoms with Crippen LogP contribution in [-0.4, -0.2) is 36.5 Å². The van der Waals surface area contributed by atoms with Gasteiger partial charge in [0.05, 0.1) is 6.10 Å². The molecule has 1 aliphatic rings. The van der Waals surface area contributed by atoms with Crippen LogP contribution in [0.2, 0.25) is 0 Å². The van der Waals surface area contributed by atoms with Crippen molar-refractivity contribution in [3.05, 3.63) is 64.7 Å². The predicted octanol–water partition coefficient (Wildman–Crippen LogP) is 4.16. The van der Waals surface area contributed by atoms with Crippen LogP contribution in [0, 0.1) is 6.92 Å². The minimum absolute atomic E-state index is 0.173. The van der Waals surface area contributed by atoms with Crippen LogP contribution in [0.25, 0.3) is 0 Å². The van der Waals surface area contributed by atoms with E-state index in [4.69, 9.17) is 4.74 Å². The monoisotopic (exact) mass is 436 g/mol. The summed E-state index contributed by atoms with van der Waals surface area (Å²) in [6.07, 6.45) is 2.76. The van der Waals surface area contributed by atoms with Crippen LogP contribution in [-0.2, 0) is 24.4 Å². The number of likely N-dealkylation sites (tertiary alicyclic amines) is 1. The van der Waals surface area contributed by atoms with Gasteiger partial charge in [-0.3, -0.25) is 9.79 Å². The van der Waals surface area contributed by atoms with Crippen molar-refractivity contribution < 1.29 is 9.53 Å². The van der Waals surface area contributed by atoms with Crippen molar-refractivity contribution in [3.63, 3.8) is 0 Å². The number of amides is 1. The molecule has 1 saturated heterocycles. The fourth-order valence-corrected chi connectivity index (χ4v) is 3.76. The van der Waals surface area contributed by atoms with Gasteiger partial charge in [0.25, 0.3) is 0 Å². The van der Waals surface area contributed by atoms with Crippen LogP contribution in [0.4, 0.5) is 0 Å². The van der Waals surface area contributed by atoms with Crippen molar-refractivity contribution >= 4 is 11.9 Å². The maximum absolute atomic E-state index is 12.0. The second-order valence-electron chi connectivity index (χ2n) is 8.41. The molecule has 6 nitrogen and oxygen atoms in total. The minimum atomic E-state index is 0.173. The summed E-state index contributed by atoms with van der Waals surface area (Å²) in [5.74, 6) is 1.90. The van der Waals surface area contributed by atoms with Crippen LogP contribution >= 0.6 is 0 Å². The molecule has 172 valence electrons. The first-order chi connectivity index (χ1) is 15.5. The second-order valence-corrected chi connectivity index (χ2v) is 8.41. The van der Waals surface area contributed by atoms with Crippen molar-refractivity contribution in [3.8, 4) is 5.75 Å². The van der Waals surface area contributed by atoms with Gasteiger partial charge in [-0.15, -0.1) is 0 Å². The maximum Gasteiger partial charge on any atom is 0.222 e. The normalized spacial score (nSPS) is 15.1. The topological polar surface area (TPSA) is 66.0 Å². The van der Waals surface area contributed by atoms with Crippen molar-refractivity contribution in [2.24, 2.45) is 4.99 Å². The van der Waals surface area contributed by atoms with Crippen LogP contribution in [0.1, 0.15) is 55.4 Å². The number of rotatable bonds is 9. The first kappa shape index (κ1) is 23.6. The molecule has 2 aromatic rings. The van der Waals surface area contributed by atoms with Crippen molar-refractivity contribution in [2.45, 2.75) is 65.8 Å². The molecule has 1 aliphatic heterocycles. The Balaban J connectivity index is 1.60. The van der Waals surface area contributed by atoms with E-state index >= 15 is 0 Å². The average molecular weight is 437 g/mol. The number of carbonyl (C=O) groups is 1. The quantitative estimate of drug-likeness (QED) is 0.458. The standard InChI is InChI=1S/C26H36N4O2/c1-5-20(3)32-24-15-19(2)12-13-22(24)17-29-26(27-4)28-16-21-9-6-7-10-23(21)18-30-14-8-11-25(30)31/h6-7,9-10,12-13,15,20H,5,8,11,14,16-18H2,1-4H3,(H2,27,28,29). The number of guanidine groups is 1. The highest BCUT2D eigenvalue weighted by Crippen LogP contribution is 2.22. The number of ether oxygens (including phenoxy) is 1. The summed E-state index contributed by atoms with van der Waals surface area (Å²) in [4.78, 5) is 18.4. The van der Waals surface area contributed by atoms with E-state index in [2.05, 4.69) is 66.7 Å². The molecule has 0 aliphatic carbocycles. The lowest BCUT2D eigenvalue weighted by Gasteiger charge is -2.20. The number of nitrogens with zero attached hydrogens (tertiary/aromatic N) is 2. The van der Waals surface area contributed by atoms with Crippen molar-refractivity contribution in [2.75, 3.05) is 13.6 Å². The third-order valence-electron chi connectivity index (χ3n) is 5.89. The molecular formula is C26H36N4O2. The van der Waals surface area contributed by atoms with Gasteiger partial charge in [0.1, 0.15) is 5.75 Å². The number of hydrogen-bond acceptors (Lipinski definition) is 3. The Morgan fingerprint density at radius 2 is 1.84 bits per heavy atom. The molecule has 1 atom stereocenters. The zero-order valence-electron chi connectivity index (χ0n) is 19.8. The average Bonchev–Trinajstić information content (AvgIpc) is 3.20. The smallest absolute Gasteiger partial charge is 0.222 e. The van der Waals surface area contributed by atoms with E-state index < -0.39 is 0 Å². The zero-order valence-corrected chi connectivity index (χ0v) is 19.8. The van der Waals surface area contributed by atoms with E-state index in [1.807, 2.05) is 17.0 Å². The Morgan fingerprint density at radius 3 is 2.50 bits per heavy atom. The van der Waals surface area contributed by atoms with Gasteiger partial charge in [-0.25, -0.2) is 0 Å². The van der Waals surface area contributed by atoms with E-state index in [0.29, 0.717) is 26.1 Å². The Bertz CT molecular complexity index is 941. The lowest BCUT2D eigenvalue weighted by atomic mass is 10.1. The first-order valence-electron chi connectivity index (χ1n) is 11.6. The minimum Gasteiger partial charge on any atom is -0.490 e. The van der Waals surface area contributed by atoms with Crippen LogP contribution in [0.5, 0.6) is 5.75 Å². The number of aryl methyl sites for hydroxylation is 1. The Hall–Kier alpha value is -3.02. The molecule has 0 saturated carbocycles. The molecule has 6 heteroatoms. The van der Waals surface area contributed by atoms with Gasteiger partial charge < -0.3 is 20.3 Å². The molecule has 1 heterocycles. The number of carbonyl (C=O) groups excluding carboxylic acids is 1. The van der Waals surface area contributed by atoms with E-state index in [1.54, 1.807) is 7.05 Å². The van der Waals surface area contributed by atoms with Gasteiger partial charge in [0, 0.05) is 45.2 Å². The van der Waals surface area contributed by atoms with Crippen LogP contribution < -0.4 is 15.4 Å². The molecule has 0 bridgehead atoms. The van der Waals surface area contributed by atoms with E-state index in [0.717, 1.165) is 36.7 Å². The lowest BCUT2D eigenvalue weighted by molar-refractivity contribution is -0.128. The number of nitrogens with one attached hydrogen (secondary N) is 2. The molecule has 1 unspecified atom stereocenters. The highest BCUT2D eigenvalue weighted by atomic mass is 16.5. The SMILES string of the molecule is CCC(C)Oc1cc(C)ccc1CNC(=NC)NCc1ccccc1CN1CCCC1=O. The number of benzene rings is 2. The highest BCUT2D eigenvalue weighted by Gasteiger charge is 2.20. The van der Waals surface area contributed by atoms with Gasteiger partial charge in [-0.1, -0.05) is 43.3 Å². The van der Waals surface area contributed by atoms with Crippen molar-refractivity contribution in [1.29, 1.82) is 0 Å². The molecule has 0 spiro atoms. The molecule has 0 aromatic heterocycles. The summed E-state index contributed by atoms with van der Waals surface area (Å²) in [7, 11) is 1.77. The molecular weight excluding hydrogens is 400 g/mol. The van der Waals surface area contributed by atoms with Gasteiger partial charge in [-0.05, 0) is 49.4 Å². The van der Waals surface area contributed by atoms with E-state index in [-0.39, 0.29) is 12.0 Å². The molecule has 1 amide bonds. The summed E-state index contributed by atoms with van der Waals surface area (Å²) in [5, 5.41) is 6.81. The van der Waals surface area contributed by atoms with Gasteiger partial charge in [-0.2, -0.15) is 0 Å². The van der Waals surface area contributed by atoms with Crippen LogP contribution in [0.15, 0.2) is 47.5 Å². The molecule has 3 rings (SSSR count). The Kier molecular flexibility index (Phi) is 8.54. The van der Waals surface area contributed by atoms with Gasteiger partial charge in [0.2, 0.25) is 5.91 Å². The summed E-state index contributed by atoms with van der Waals surface area (Å²) < 4.78 is 6.13. The second kappa shape index (κ2) is 11.6. The lowest BCUT2D eigenvalue weighted by Crippen LogP contribution is -2.36. The fourth-order valence-electron chi connectivity index (χ4n) is 3.76. The Labute approximate surface area is 192 Å². The third-order valence-corrected chi connectivity index (χ3v) is 5.89. The Morgan fingerprint density at radius 1 is 1.12 bits per heavy atom. The van der Waals surface area contributed by atoms with Gasteiger partial charge in [0.15, 0.2) is 5.96 Å². The highest BCUT2D eigenvalue weighted by molar-refractivity contribution is 5.80. The third kappa shape index (κ3) is 6.49. The number of hydrogen-bond donors (Lipinski definition) is 2. The summed E-state index contributed by atoms with van der Waals surface area (Å²) in [5.41, 5.74) is 4.63. The van der Waals surface area contributed by atoms with E-state index in [9.17, 15) is 4.79 Å². The fraction of sp³-hybridized carbons (Fsp3) is 0.462. The van der Waals surface area contributed by atoms with Gasteiger partial charge >= 0.3 is 0 Å². The zero-order chi connectivity index (χ0) is 22.9. The molecule has 2 N–H and O–H groups in total. The summed E-state index contributed by atoms with van der Waals surface area (Å²) in [6, 6.07) is 14.6. The van der Waals surface area contributed by atoms with Crippen LogP contribution in [0.3, 0.4) is 0 Å². The maximum atomic E-state index is 12.0. The summed E-state index contributed by atoms with van der Waals surface area (Å²) in [6.45, 7) is 9.07. The molecule has 32 heavy (non-hydrogen) atoms. The first-order valence-corrected chi connectivity index (χ1v) is 11.6. The molecule has 1 fully saturated rings. The summed E-state index contributed by atoms with van der Waals surface area (Å²) >= 11 is 0. The number of aliphatic imine (C=N–C) groups is 1.